The Morgan fingerprint density at radius 3 is 2.87 bits per heavy atom. The second-order valence-corrected chi connectivity index (χ2v) is 4.39. The van der Waals surface area contributed by atoms with Gasteiger partial charge in [0.1, 0.15) is 5.52 Å². The van der Waals surface area contributed by atoms with Gasteiger partial charge < -0.3 is 10.4 Å². The zero-order valence-corrected chi connectivity index (χ0v) is 9.18. The van der Waals surface area contributed by atoms with Crippen molar-refractivity contribution >= 4 is 33.2 Å². The van der Waals surface area contributed by atoms with Gasteiger partial charge in [-0.05, 0) is 19.1 Å². The van der Waals surface area contributed by atoms with Gasteiger partial charge in [0.05, 0.1) is 21.0 Å². The monoisotopic (exact) mass is 222 g/mol. The maximum atomic E-state index is 10.9. The minimum absolute atomic E-state index is 0.288. The molecule has 0 unspecified atom stereocenters. The Kier molecular flexibility index (Phi) is 2.32. The van der Waals surface area contributed by atoms with E-state index in [9.17, 15) is 4.79 Å². The van der Waals surface area contributed by atoms with Gasteiger partial charge in [-0.3, -0.25) is 0 Å². The average molecular weight is 222 g/mol. The Morgan fingerprint density at radius 1 is 1.53 bits per heavy atom. The third-order valence-electron chi connectivity index (χ3n) is 2.12. The quantitative estimate of drug-likeness (QED) is 0.818. The lowest BCUT2D eigenvalue weighted by Crippen LogP contribution is -1.98. The van der Waals surface area contributed by atoms with E-state index in [1.807, 2.05) is 6.92 Å². The molecule has 1 heterocycles. The Bertz CT molecular complexity index is 533. The molecular formula is C10H10N2O2S. The molecule has 0 saturated carbocycles. The van der Waals surface area contributed by atoms with Gasteiger partial charge >= 0.3 is 5.97 Å². The van der Waals surface area contributed by atoms with Crippen LogP contribution in [0.1, 0.15) is 15.4 Å². The minimum Gasteiger partial charge on any atom is -0.478 e. The molecule has 78 valence electrons. The van der Waals surface area contributed by atoms with E-state index in [1.165, 1.54) is 11.3 Å². The lowest BCUT2D eigenvalue weighted by molar-refractivity contribution is 0.0697. The Morgan fingerprint density at radius 2 is 2.27 bits per heavy atom. The second kappa shape index (κ2) is 3.51. The second-order valence-electron chi connectivity index (χ2n) is 3.16. The number of carboxylic acid groups (broad SMARTS) is 1. The number of aryl methyl sites for hydroxylation is 1. The van der Waals surface area contributed by atoms with Crippen LogP contribution in [0.3, 0.4) is 0 Å². The summed E-state index contributed by atoms with van der Waals surface area (Å²) in [5.74, 6) is -0.917. The number of hydrogen-bond donors (Lipinski definition) is 2. The van der Waals surface area contributed by atoms with E-state index in [1.54, 1.807) is 19.2 Å². The molecule has 1 aromatic carbocycles. The summed E-state index contributed by atoms with van der Waals surface area (Å²) < 4.78 is 0.900. The lowest BCUT2D eigenvalue weighted by atomic mass is 10.2. The molecule has 5 heteroatoms. The third-order valence-corrected chi connectivity index (χ3v) is 3.04. The van der Waals surface area contributed by atoms with Crippen LogP contribution in [-0.4, -0.2) is 23.1 Å². The number of thiazole rings is 1. The van der Waals surface area contributed by atoms with E-state index in [-0.39, 0.29) is 5.56 Å². The number of fused-ring (bicyclic) bond motifs is 1. The normalized spacial score (nSPS) is 10.5. The number of aromatic carboxylic acids is 1. The van der Waals surface area contributed by atoms with E-state index >= 15 is 0 Å². The largest absolute Gasteiger partial charge is 0.478 e. The van der Waals surface area contributed by atoms with Gasteiger partial charge in [-0.2, -0.15) is 0 Å². The first-order chi connectivity index (χ1) is 7.11. The first-order valence-corrected chi connectivity index (χ1v) is 5.25. The van der Waals surface area contributed by atoms with E-state index in [0.717, 1.165) is 20.9 Å². The zero-order valence-electron chi connectivity index (χ0n) is 8.37. The van der Waals surface area contributed by atoms with Crippen molar-refractivity contribution in [1.29, 1.82) is 0 Å². The minimum atomic E-state index is -0.917. The number of anilines is 1. The average Bonchev–Trinajstić information content (AvgIpc) is 2.56. The first kappa shape index (κ1) is 9.92. The summed E-state index contributed by atoms with van der Waals surface area (Å²) >= 11 is 1.50. The first-order valence-electron chi connectivity index (χ1n) is 4.44. The fourth-order valence-corrected chi connectivity index (χ4v) is 2.35. The molecule has 0 saturated heterocycles. The number of rotatable bonds is 2. The van der Waals surface area contributed by atoms with Gasteiger partial charge in [-0.25, -0.2) is 9.78 Å². The van der Waals surface area contributed by atoms with Crippen LogP contribution in [0.5, 0.6) is 0 Å². The highest BCUT2D eigenvalue weighted by Gasteiger charge is 2.11. The van der Waals surface area contributed by atoms with Crippen molar-refractivity contribution in [2.45, 2.75) is 6.92 Å². The molecule has 0 aliphatic carbocycles. The molecule has 0 amide bonds. The number of nitrogens with one attached hydrogen (secondary N) is 1. The highest BCUT2D eigenvalue weighted by Crippen LogP contribution is 2.29. The zero-order chi connectivity index (χ0) is 11.0. The predicted octanol–water partition coefficient (Wildman–Crippen LogP) is 2.34. The van der Waals surface area contributed by atoms with Crippen molar-refractivity contribution in [2.75, 3.05) is 12.4 Å². The van der Waals surface area contributed by atoms with Crippen molar-refractivity contribution in [3.63, 3.8) is 0 Å². The molecule has 0 spiro atoms. The standard InChI is InChI=1S/C10H10N2O2S/c1-5-12-9-7(11-2)3-6(10(13)14)4-8(9)15-5/h3-4,11H,1-2H3,(H,13,14). The molecule has 0 radical (unpaired) electrons. The van der Waals surface area contributed by atoms with Crippen molar-refractivity contribution < 1.29 is 9.90 Å². The van der Waals surface area contributed by atoms with Gasteiger partial charge in [0.15, 0.2) is 0 Å². The summed E-state index contributed by atoms with van der Waals surface area (Å²) in [6.45, 7) is 1.91. The summed E-state index contributed by atoms with van der Waals surface area (Å²) in [6, 6.07) is 3.26. The molecule has 0 atom stereocenters. The number of carbonyl (C=O) groups is 1. The van der Waals surface area contributed by atoms with E-state index < -0.39 is 5.97 Å². The number of hydrogen-bond acceptors (Lipinski definition) is 4. The smallest absolute Gasteiger partial charge is 0.335 e. The van der Waals surface area contributed by atoms with Gasteiger partial charge in [0, 0.05) is 7.05 Å². The lowest BCUT2D eigenvalue weighted by Gasteiger charge is -2.02. The summed E-state index contributed by atoms with van der Waals surface area (Å²) in [6.07, 6.45) is 0. The molecule has 2 rings (SSSR count). The van der Waals surface area contributed by atoms with Crippen molar-refractivity contribution in [3.8, 4) is 0 Å². The van der Waals surface area contributed by atoms with Crippen LogP contribution in [0.4, 0.5) is 5.69 Å². The van der Waals surface area contributed by atoms with Crippen LogP contribution in [0, 0.1) is 6.92 Å². The van der Waals surface area contributed by atoms with Gasteiger partial charge in [0.25, 0.3) is 0 Å². The Labute approximate surface area is 90.6 Å². The summed E-state index contributed by atoms with van der Waals surface area (Å²) in [5.41, 5.74) is 1.88. The molecule has 1 aromatic heterocycles. The molecule has 15 heavy (non-hydrogen) atoms. The summed E-state index contributed by atoms with van der Waals surface area (Å²) in [5, 5.41) is 12.8. The van der Waals surface area contributed by atoms with Gasteiger partial charge in [-0.15, -0.1) is 11.3 Å². The molecule has 0 aliphatic rings. The molecule has 4 nitrogen and oxygen atoms in total. The van der Waals surface area contributed by atoms with Crippen LogP contribution >= 0.6 is 11.3 Å². The number of carboxylic acids is 1. The Hall–Kier alpha value is -1.62. The molecular weight excluding hydrogens is 212 g/mol. The van der Waals surface area contributed by atoms with Crippen LogP contribution in [0.15, 0.2) is 12.1 Å². The van der Waals surface area contributed by atoms with Crippen LogP contribution < -0.4 is 5.32 Å². The van der Waals surface area contributed by atoms with Crippen LogP contribution in [0.25, 0.3) is 10.2 Å². The van der Waals surface area contributed by atoms with Crippen LogP contribution in [-0.2, 0) is 0 Å². The fraction of sp³-hybridized carbons (Fsp3) is 0.200. The van der Waals surface area contributed by atoms with E-state index in [4.69, 9.17) is 5.11 Å². The number of aromatic nitrogens is 1. The maximum Gasteiger partial charge on any atom is 0.335 e. The SMILES string of the molecule is CNc1cc(C(=O)O)cc2sc(C)nc12. The maximum absolute atomic E-state index is 10.9. The summed E-state index contributed by atoms with van der Waals surface area (Å²) in [4.78, 5) is 15.2. The van der Waals surface area contributed by atoms with Crippen molar-refractivity contribution in [1.82, 2.24) is 4.98 Å². The van der Waals surface area contributed by atoms with E-state index in [2.05, 4.69) is 10.3 Å². The Balaban J connectivity index is 2.76. The summed E-state index contributed by atoms with van der Waals surface area (Å²) in [7, 11) is 1.76. The highest BCUT2D eigenvalue weighted by atomic mass is 32.1. The van der Waals surface area contributed by atoms with Crippen molar-refractivity contribution in [2.24, 2.45) is 0 Å². The topological polar surface area (TPSA) is 62.2 Å². The van der Waals surface area contributed by atoms with Gasteiger partial charge in [-0.1, -0.05) is 0 Å². The molecule has 0 fully saturated rings. The van der Waals surface area contributed by atoms with E-state index in [0.29, 0.717) is 0 Å². The number of benzene rings is 1. The molecule has 0 bridgehead atoms. The third kappa shape index (κ3) is 1.66. The predicted molar refractivity (Wildman–Crippen MR) is 60.9 cm³/mol. The van der Waals surface area contributed by atoms with Gasteiger partial charge in [0.2, 0.25) is 0 Å². The number of nitrogens with zero attached hydrogens (tertiary/aromatic N) is 1. The van der Waals surface area contributed by atoms with Crippen LogP contribution in [0.2, 0.25) is 0 Å². The highest BCUT2D eigenvalue weighted by molar-refractivity contribution is 7.18. The molecule has 2 N–H and O–H groups in total. The molecule has 0 aliphatic heterocycles. The molecule has 2 aromatic rings. The van der Waals surface area contributed by atoms with Crippen molar-refractivity contribution in [3.05, 3.63) is 22.7 Å². The fourth-order valence-electron chi connectivity index (χ4n) is 1.45.